The highest BCUT2D eigenvalue weighted by atomic mass is 35.5. The number of carboxylic acids is 1. The summed E-state index contributed by atoms with van der Waals surface area (Å²) in [6, 6.07) is 11.6. The van der Waals surface area contributed by atoms with Crippen molar-refractivity contribution >= 4 is 35.0 Å². The number of aliphatic carboxylic acids is 1. The number of carbonyl (C=O) groups is 2. The third-order valence-electron chi connectivity index (χ3n) is 5.20. The number of halogens is 2. The second-order valence-corrected chi connectivity index (χ2v) is 7.84. The molecule has 2 aromatic rings. The highest BCUT2D eigenvalue weighted by molar-refractivity contribution is 6.45. The van der Waals surface area contributed by atoms with Crippen molar-refractivity contribution < 1.29 is 19.4 Å². The van der Waals surface area contributed by atoms with Crippen LogP contribution in [-0.4, -0.2) is 23.5 Å². The van der Waals surface area contributed by atoms with Crippen molar-refractivity contribution in [2.24, 2.45) is 0 Å². The summed E-state index contributed by atoms with van der Waals surface area (Å²) in [6.45, 7) is 2.28. The number of benzene rings is 2. The monoisotopic (exact) mass is 420 g/mol. The zero-order valence-electron chi connectivity index (χ0n) is 15.6. The minimum atomic E-state index is -0.875. The molecule has 1 unspecified atom stereocenters. The summed E-state index contributed by atoms with van der Waals surface area (Å²) < 4.78 is 5.67. The van der Waals surface area contributed by atoms with Crippen LogP contribution in [0.3, 0.4) is 0 Å². The van der Waals surface area contributed by atoms with Crippen LogP contribution in [0.15, 0.2) is 36.4 Å². The van der Waals surface area contributed by atoms with Crippen LogP contribution >= 0.6 is 23.2 Å². The van der Waals surface area contributed by atoms with E-state index in [1.165, 1.54) is 0 Å². The number of fused-ring (bicyclic) bond motifs is 1. The number of hydrogen-bond donors (Lipinski definition) is 1. The molecular weight excluding hydrogens is 399 g/mol. The van der Waals surface area contributed by atoms with Gasteiger partial charge in [-0.25, -0.2) is 0 Å². The first kappa shape index (κ1) is 20.7. The molecule has 6 heteroatoms. The van der Waals surface area contributed by atoms with Gasteiger partial charge in [0.15, 0.2) is 5.78 Å². The maximum absolute atomic E-state index is 13.5. The van der Waals surface area contributed by atoms with E-state index in [9.17, 15) is 9.59 Å². The molecule has 1 aliphatic rings. The minimum absolute atomic E-state index is 0.000114. The number of Topliss-reactive ketones (excluding diaryl/α,β-unsaturated/α-hetero) is 1. The third kappa shape index (κ3) is 3.76. The van der Waals surface area contributed by atoms with E-state index < -0.39 is 11.4 Å². The van der Waals surface area contributed by atoms with Crippen LogP contribution < -0.4 is 4.74 Å². The molecule has 0 fully saturated rings. The first-order valence-electron chi connectivity index (χ1n) is 9.36. The Morgan fingerprint density at radius 2 is 1.93 bits per heavy atom. The molecule has 0 spiro atoms. The summed E-state index contributed by atoms with van der Waals surface area (Å²) in [7, 11) is 0. The molecule has 148 valence electrons. The number of carboxylic acid groups (broad SMARTS) is 1. The van der Waals surface area contributed by atoms with Crippen LogP contribution in [0.1, 0.15) is 54.1 Å². The maximum Gasteiger partial charge on any atom is 0.303 e. The van der Waals surface area contributed by atoms with E-state index in [0.717, 1.165) is 17.5 Å². The van der Waals surface area contributed by atoms with E-state index in [0.29, 0.717) is 30.6 Å². The van der Waals surface area contributed by atoms with Crippen LogP contribution in [0, 0.1) is 0 Å². The molecule has 0 saturated carbocycles. The second-order valence-electron chi connectivity index (χ2n) is 7.09. The second kappa shape index (κ2) is 8.54. The highest BCUT2D eigenvalue weighted by Crippen LogP contribution is 2.49. The summed E-state index contributed by atoms with van der Waals surface area (Å²) in [5, 5.41) is 9.15. The molecule has 0 bridgehead atoms. The van der Waals surface area contributed by atoms with Gasteiger partial charge in [-0.2, -0.15) is 0 Å². The molecule has 0 aliphatic heterocycles. The van der Waals surface area contributed by atoms with Gasteiger partial charge in [0.1, 0.15) is 10.8 Å². The van der Waals surface area contributed by atoms with Gasteiger partial charge in [0.2, 0.25) is 0 Å². The van der Waals surface area contributed by atoms with E-state index in [-0.39, 0.29) is 28.9 Å². The average Bonchev–Trinajstić information content (AvgIpc) is 2.96. The smallest absolute Gasteiger partial charge is 0.303 e. The fourth-order valence-corrected chi connectivity index (χ4v) is 4.46. The van der Waals surface area contributed by atoms with Gasteiger partial charge < -0.3 is 9.84 Å². The Morgan fingerprint density at radius 1 is 1.21 bits per heavy atom. The normalized spacial score (nSPS) is 18.2. The van der Waals surface area contributed by atoms with Crippen molar-refractivity contribution in [3.63, 3.8) is 0 Å². The first-order valence-corrected chi connectivity index (χ1v) is 10.1. The Kier molecular flexibility index (Phi) is 6.31. The van der Waals surface area contributed by atoms with Crippen molar-refractivity contribution in [2.75, 3.05) is 6.61 Å². The quantitative estimate of drug-likeness (QED) is 0.555. The number of ketones is 1. The lowest BCUT2D eigenvalue weighted by Gasteiger charge is -2.27. The first-order chi connectivity index (χ1) is 13.4. The molecule has 3 rings (SSSR count). The Labute approximate surface area is 174 Å². The standard InChI is InChI=1S/C22H22Cl2O4/c1-2-10-22(15-7-4-3-5-8-15)13-14-12-16(28-11-6-9-17(25)26)19(23)20(24)18(14)21(22)27/h3-5,7-8,12H,2,6,9-11,13H2,1H3,(H,25,26). The van der Waals surface area contributed by atoms with E-state index in [1.54, 1.807) is 6.07 Å². The van der Waals surface area contributed by atoms with E-state index in [2.05, 4.69) is 6.92 Å². The topological polar surface area (TPSA) is 63.6 Å². The number of ether oxygens (including phenoxy) is 1. The molecule has 28 heavy (non-hydrogen) atoms. The van der Waals surface area contributed by atoms with Crippen molar-refractivity contribution in [3.8, 4) is 5.75 Å². The molecule has 0 saturated heterocycles. The maximum atomic E-state index is 13.5. The van der Waals surface area contributed by atoms with Crippen LogP contribution in [0.4, 0.5) is 0 Å². The highest BCUT2D eigenvalue weighted by Gasteiger charge is 2.47. The van der Waals surface area contributed by atoms with Gasteiger partial charge in [-0.15, -0.1) is 0 Å². The van der Waals surface area contributed by atoms with E-state index in [1.807, 2.05) is 30.3 Å². The predicted molar refractivity (Wildman–Crippen MR) is 110 cm³/mol. The van der Waals surface area contributed by atoms with Gasteiger partial charge in [-0.05, 0) is 36.5 Å². The molecule has 0 aromatic heterocycles. The minimum Gasteiger partial charge on any atom is -0.492 e. The fourth-order valence-electron chi connectivity index (χ4n) is 3.96. The van der Waals surface area contributed by atoms with Crippen molar-refractivity contribution in [1.29, 1.82) is 0 Å². The molecule has 0 radical (unpaired) electrons. The molecule has 4 nitrogen and oxygen atoms in total. The van der Waals surface area contributed by atoms with Gasteiger partial charge in [-0.1, -0.05) is 66.9 Å². The number of carbonyl (C=O) groups excluding carboxylic acids is 1. The molecule has 1 N–H and O–H groups in total. The molecule has 1 atom stereocenters. The lowest BCUT2D eigenvalue weighted by atomic mass is 9.73. The summed E-state index contributed by atoms with van der Waals surface area (Å²) in [5.41, 5.74) is 1.63. The molecule has 2 aromatic carbocycles. The summed E-state index contributed by atoms with van der Waals surface area (Å²) >= 11 is 12.9. The zero-order chi connectivity index (χ0) is 20.3. The molecule has 0 heterocycles. The Hall–Kier alpha value is -2.04. The van der Waals surface area contributed by atoms with Crippen molar-refractivity contribution in [2.45, 2.75) is 44.4 Å². The van der Waals surface area contributed by atoms with Crippen molar-refractivity contribution in [3.05, 3.63) is 63.1 Å². The zero-order valence-corrected chi connectivity index (χ0v) is 17.1. The van der Waals surface area contributed by atoms with Gasteiger partial charge in [-0.3, -0.25) is 9.59 Å². The van der Waals surface area contributed by atoms with Crippen molar-refractivity contribution in [1.82, 2.24) is 0 Å². The fraction of sp³-hybridized carbons (Fsp3) is 0.364. The van der Waals surface area contributed by atoms with Crippen LogP contribution in [-0.2, 0) is 16.6 Å². The van der Waals surface area contributed by atoms with Crippen LogP contribution in [0.5, 0.6) is 5.75 Å². The summed E-state index contributed by atoms with van der Waals surface area (Å²) in [5.74, 6) is -0.483. The summed E-state index contributed by atoms with van der Waals surface area (Å²) in [4.78, 5) is 24.1. The average molecular weight is 421 g/mol. The summed E-state index contributed by atoms with van der Waals surface area (Å²) in [6.07, 6.45) is 2.50. The SMILES string of the molecule is CCCC1(c2ccccc2)Cc2cc(OCCCC(=O)O)c(Cl)c(Cl)c2C1=O. The molecule has 1 aliphatic carbocycles. The molecular formula is C22H22Cl2O4. The Morgan fingerprint density at radius 3 is 2.57 bits per heavy atom. The van der Waals surface area contributed by atoms with Crippen LogP contribution in [0.25, 0.3) is 0 Å². The largest absolute Gasteiger partial charge is 0.492 e. The van der Waals surface area contributed by atoms with Gasteiger partial charge in [0.05, 0.1) is 17.0 Å². The van der Waals surface area contributed by atoms with Gasteiger partial charge in [0, 0.05) is 12.0 Å². The third-order valence-corrected chi connectivity index (χ3v) is 6.05. The lowest BCUT2D eigenvalue weighted by Crippen LogP contribution is -2.33. The van der Waals surface area contributed by atoms with Gasteiger partial charge >= 0.3 is 5.97 Å². The number of rotatable bonds is 8. The Balaban J connectivity index is 1.95. The van der Waals surface area contributed by atoms with Gasteiger partial charge in [0.25, 0.3) is 0 Å². The van der Waals surface area contributed by atoms with Crippen LogP contribution in [0.2, 0.25) is 10.0 Å². The Bertz CT molecular complexity index is 895. The lowest BCUT2D eigenvalue weighted by molar-refractivity contribution is -0.137. The number of hydrogen-bond acceptors (Lipinski definition) is 3. The molecule has 0 amide bonds. The predicted octanol–water partition coefficient (Wildman–Crippen LogP) is 5.71. The van der Waals surface area contributed by atoms with E-state index >= 15 is 0 Å². The van der Waals surface area contributed by atoms with E-state index in [4.69, 9.17) is 33.0 Å².